The summed E-state index contributed by atoms with van der Waals surface area (Å²) in [5.74, 6) is -1.41. The van der Waals surface area contributed by atoms with Crippen LogP contribution in [0.2, 0.25) is 0 Å². The van der Waals surface area contributed by atoms with Crippen molar-refractivity contribution in [1.29, 1.82) is 0 Å². The van der Waals surface area contributed by atoms with Crippen LogP contribution in [-0.2, 0) is 11.3 Å². The van der Waals surface area contributed by atoms with E-state index in [2.05, 4.69) is 15.4 Å². The van der Waals surface area contributed by atoms with Crippen LogP contribution < -0.4 is 5.32 Å². The minimum absolute atomic E-state index is 0.0868. The summed E-state index contributed by atoms with van der Waals surface area (Å²) in [6, 6.07) is 0. The molecule has 1 aromatic rings. The summed E-state index contributed by atoms with van der Waals surface area (Å²) >= 11 is 1.92. The fourth-order valence-electron chi connectivity index (χ4n) is 0.582. The van der Waals surface area contributed by atoms with Crippen LogP contribution in [0, 0.1) is 0 Å². The van der Waals surface area contributed by atoms with Crippen LogP contribution >= 0.6 is 15.9 Å². The van der Waals surface area contributed by atoms with Gasteiger partial charge in [-0.15, -0.1) is 0 Å². The zero-order chi connectivity index (χ0) is 9.90. The lowest BCUT2D eigenvalue weighted by atomic mass is 10.4. The number of amides is 1. The Hall–Kier alpha value is -1.05. The minimum Gasteiger partial charge on any atom is -0.344 e. The van der Waals surface area contributed by atoms with E-state index in [9.17, 15) is 13.6 Å². The molecule has 0 bridgehead atoms. The van der Waals surface area contributed by atoms with E-state index >= 15 is 0 Å². The first-order valence-electron chi connectivity index (χ1n) is 3.20. The average molecular weight is 255 g/mol. The molecule has 0 fully saturated rings. The number of H-pyrrole nitrogens is 1. The van der Waals surface area contributed by atoms with E-state index in [0.29, 0.717) is 5.69 Å². The number of hydrogen-bond acceptors (Lipinski definition) is 3. The maximum Gasteiger partial charge on any atom is 0.377 e. The molecule has 8 heteroatoms. The summed E-state index contributed by atoms with van der Waals surface area (Å²) in [5.41, 5.74) is 0.380. The lowest BCUT2D eigenvalue weighted by molar-refractivity contribution is -0.134. The average Bonchev–Trinajstić information content (AvgIpc) is 2.50. The van der Waals surface area contributed by atoms with Crippen molar-refractivity contribution >= 4 is 21.8 Å². The van der Waals surface area contributed by atoms with E-state index in [0.717, 1.165) is 0 Å². The zero-order valence-electron chi connectivity index (χ0n) is 6.22. The molecule has 0 unspecified atom stereocenters. The molecule has 13 heavy (non-hydrogen) atoms. The largest absolute Gasteiger partial charge is 0.377 e. The number of halogens is 3. The highest BCUT2D eigenvalue weighted by molar-refractivity contribution is 9.10. The normalized spacial score (nSPS) is 11.3. The van der Waals surface area contributed by atoms with Crippen molar-refractivity contribution in [3.8, 4) is 0 Å². The van der Waals surface area contributed by atoms with Gasteiger partial charge in [-0.05, 0) is 0 Å². The smallest absolute Gasteiger partial charge is 0.344 e. The Morgan fingerprint density at radius 1 is 1.77 bits per heavy atom. The summed E-state index contributed by atoms with van der Waals surface area (Å²) < 4.78 is 24.4. The molecule has 0 atom stereocenters. The van der Waals surface area contributed by atoms with Gasteiger partial charge in [0.2, 0.25) is 0 Å². The van der Waals surface area contributed by atoms with Gasteiger partial charge in [0, 0.05) is 15.9 Å². The van der Waals surface area contributed by atoms with E-state index < -0.39 is 10.7 Å². The van der Waals surface area contributed by atoms with Crippen LogP contribution in [0.5, 0.6) is 0 Å². The Balaban J connectivity index is 2.40. The van der Waals surface area contributed by atoms with Crippen LogP contribution in [0.25, 0.3) is 0 Å². The highest BCUT2D eigenvalue weighted by Gasteiger charge is 2.34. The van der Waals surface area contributed by atoms with Crippen LogP contribution in [0.3, 0.4) is 0 Å². The predicted molar refractivity (Wildman–Crippen MR) is 42.1 cm³/mol. The third-order valence-electron chi connectivity index (χ3n) is 1.15. The third kappa shape index (κ3) is 3.05. The second-order valence-corrected chi connectivity index (χ2v) is 3.14. The second kappa shape index (κ2) is 3.77. The van der Waals surface area contributed by atoms with Gasteiger partial charge in [-0.1, -0.05) is 0 Å². The molecule has 0 aliphatic heterocycles. The van der Waals surface area contributed by atoms with Gasteiger partial charge < -0.3 is 5.32 Å². The van der Waals surface area contributed by atoms with Crippen molar-refractivity contribution in [2.45, 2.75) is 11.4 Å². The lowest BCUT2D eigenvalue weighted by Crippen LogP contribution is -2.35. The minimum atomic E-state index is -3.54. The summed E-state index contributed by atoms with van der Waals surface area (Å²) in [6.45, 7) is -0.0868. The number of nitrogens with zero attached hydrogens (tertiary/aromatic N) is 2. The maximum atomic E-state index is 12.2. The Labute approximate surface area is 80.0 Å². The number of hydrogen-bond donors (Lipinski definition) is 2. The van der Waals surface area contributed by atoms with Gasteiger partial charge in [0.15, 0.2) is 0 Å². The maximum absolute atomic E-state index is 12.2. The molecule has 1 aromatic heterocycles. The van der Waals surface area contributed by atoms with Crippen LogP contribution in [0.4, 0.5) is 8.78 Å². The summed E-state index contributed by atoms with van der Waals surface area (Å²) in [6.07, 6.45) is 1.33. The quantitative estimate of drug-likeness (QED) is 0.768. The van der Waals surface area contributed by atoms with Crippen molar-refractivity contribution in [1.82, 2.24) is 20.7 Å². The van der Waals surface area contributed by atoms with Gasteiger partial charge in [-0.25, -0.2) is 0 Å². The highest BCUT2D eigenvalue weighted by Crippen LogP contribution is 2.21. The lowest BCUT2D eigenvalue weighted by Gasteiger charge is -2.07. The van der Waals surface area contributed by atoms with Gasteiger partial charge in [0.05, 0.1) is 12.7 Å². The molecule has 0 aromatic carbocycles. The molecule has 2 N–H and O–H groups in total. The monoisotopic (exact) mass is 254 g/mol. The summed E-state index contributed by atoms with van der Waals surface area (Å²) in [5, 5.41) is 11.2. The Kier molecular flexibility index (Phi) is 2.91. The number of aromatic nitrogens is 3. The van der Waals surface area contributed by atoms with Crippen LogP contribution in [-0.4, -0.2) is 26.1 Å². The molecule has 5 nitrogen and oxygen atoms in total. The fraction of sp³-hybridized carbons (Fsp3) is 0.400. The summed E-state index contributed by atoms with van der Waals surface area (Å²) in [4.78, 5) is 7.05. The zero-order valence-corrected chi connectivity index (χ0v) is 7.81. The SMILES string of the molecule is O=C(NCc1cn[nH]n1)C(F)(F)Br. The van der Waals surface area contributed by atoms with E-state index in [1.807, 2.05) is 21.2 Å². The van der Waals surface area contributed by atoms with Crippen LogP contribution in [0.1, 0.15) is 5.69 Å². The van der Waals surface area contributed by atoms with Crippen molar-refractivity contribution in [2.75, 3.05) is 0 Å². The number of rotatable bonds is 3. The number of aromatic amines is 1. The van der Waals surface area contributed by atoms with Crippen molar-refractivity contribution < 1.29 is 13.6 Å². The number of nitrogens with one attached hydrogen (secondary N) is 2. The van der Waals surface area contributed by atoms with Crippen molar-refractivity contribution in [2.24, 2.45) is 0 Å². The van der Waals surface area contributed by atoms with E-state index in [1.165, 1.54) is 6.20 Å². The molecule has 0 spiro atoms. The van der Waals surface area contributed by atoms with Crippen molar-refractivity contribution in [3.05, 3.63) is 11.9 Å². The van der Waals surface area contributed by atoms with Gasteiger partial charge >= 0.3 is 10.7 Å². The molecule has 0 radical (unpaired) electrons. The Bertz CT molecular complexity index is 283. The number of carbonyl (C=O) groups excluding carboxylic acids is 1. The first kappa shape index (κ1) is 10.0. The number of carbonyl (C=O) groups is 1. The van der Waals surface area contributed by atoms with E-state index in [4.69, 9.17) is 0 Å². The molecule has 1 heterocycles. The molecule has 72 valence electrons. The van der Waals surface area contributed by atoms with Gasteiger partial charge in [0.1, 0.15) is 5.69 Å². The molecule has 0 aliphatic carbocycles. The number of alkyl halides is 3. The molecular weight excluding hydrogens is 250 g/mol. The first-order chi connectivity index (χ1) is 6.00. The fourth-order valence-corrected chi connectivity index (χ4v) is 0.722. The highest BCUT2D eigenvalue weighted by atomic mass is 79.9. The molecule has 1 amide bonds. The molecule has 0 aliphatic rings. The molecular formula is C5H5BrF2N4O. The molecule has 0 saturated heterocycles. The van der Waals surface area contributed by atoms with Gasteiger partial charge in [-0.2, -0.15) is 24.2 Å². The third-order valence-corrected chi connectivity index (χ3v) is 1.51. The Morgan fingerprint density at radius 3 is 2.92 bits per heavy atom. The molecule has 1 rings (SSSR count). The Morgan fingerprint density at radius 2 is 2.46 bits per heavy atom. The second-order valence-electron chi connectivity index (χ2n) is 2.14. The standard InChI is InChI=1S/C5H5BrF2N4O/c6-5(7,8)4(13)9-1-3-2-10-12-11-3/h2H,1H2,(H,9,13)(H,10,11,12). The van der Waals surface area contributed by atoms with Gasteiger partial charge in [0.25, 0.3) is 0 Å². The first-order valence-corrected chi connectivity index (χ1v) is 3.99. The molecule has 0 saturated carbocycles. The van der Waals surface area contributed by atoms with E-state index in [-0.39, 0.29) is 6.54 Å². The van der Waals surface area contributed by atoms with E-state index in [1.54, 1.807) is 0 Å². The predicted octanol–water partition coefficient (Wildman–Crippen LogP) is 0.409. The van der Waals surface area contributed by atoms with Crippen molar-refractivity contribution in [3.63, 3.8) is 0 Å². The van der Waals surface area contributed by atoms with Gasteiger partial charge in [-0.3, -0.25) is 4.79 Å². The topological polar surface area (TPSA) is 70.7 Å². The summed E-state index contributed by atoms with van der Waals surface area (Å²) in [7, 11) is 0. The van der Waals surface area contributed by atoms with Crippen LogP contribution in [0.15, 0.2) is 6.20 Å².